The highest BCUT2D eigenvalue weighted by Crippen LogP contribution is 2.60. The minimum atomic E-state index is -0.879. The summed E-state index contributed by atoms with van der Waals surface area (Å²) in [5.74, 6) is 1.60. The molecule has 2 spiro atoms. The van der Waals surface area contributed by atoms with Crippen LogP contribution in [-0.4, -0.2) is 150 Å². The molecule has 0 aromatic heterocycles. The molecule has 3 unspecified atom stereocenters. The normalized spacial score (nSPS) is 36.2. The number of ether oxygens (including phenoxy) is 9. The molecule has 0 radical (unpaired) electrons. The van der Waals surface area contributed by atoms with Gasteiger partial charge in [0.2, 0.25) is 0 Å². The minimum absolute atomic E-state index is 0. The van der Waals surface area contributed by atoms with Gasteiger partial charge in [-0.3, -0.25) is 10.1 Å². The lowest BCUT2D eigenvalue weighted by molar-refractivity contribution is -0.384. The zero-order chi connectivity index (χ0) is 51.7. The molecule has 0 bridgehead atoms. The topological polar surface area (TPSA) is 217 Å². The summed E-state index contributed by atoms with van der Waals surface area (Å²) in [7, 11) is 3.28. The molecule has 1 amide bonds. The molecule has 3 saturated carbocycles. The van der Waals surface area contributed by atoms with E-state index in [0.717, 1.165) is 25.7 Å². The van der Waals surface area contributed by atoms with Crippen molar-refractivity contribution in [2.45, 2.75) is 178 Å². The molecule has 2 N–H and O–H groups in total. The third-order valence-corrected chi connectivity index (χ3v) is 15.5. The maximum atomic E-state index is 12.8. The number of nitro benzene ring substituents is 1. The van der Waals surface area contributed by atoms with Crippen molar-refractivity contribution in [3.05, 3.63) is 58.7 Å². The number of rotatable bonds is 14. The summed E-state index contributed by atoms with van der Waals surface area (Å²) in [5.41, 5.74) is -1.49. The van der Waals surface area contributed by atoms with E-state index in [1.165, 1.54) is 49.9 Å². The van der Waals surface area contributed by atoms with E-state index < -0.39 is 28.9 Å². The Kier molecular flexibility index (Phi) is 21.7. The van der Waals surface area contributed by atoms with Crippen LogP contribution in [0.15, 0.2) is 48.6 Å². The lowest BCUT2D eigenvalue weighted by atomic mass is 9.68. The van der Waals surface area contributed by atoms with Crippen molar-refractivity contribution >= 4 is 41.1 Å². The van der Waals surface area contributed by atoms with Gasteiger partial charge in [0.25, 0.3) is 5.69 Å². The first-order valence-corrected chi connectivity index (χ1v) is 26.4. The molecule has 5 aliphatic heterocycles. The van der Waals surface area contributed by atoms with Gasteiger partial charge in [-0.25, -0.2) is 9.59 Å². The summed E-state index contributed by atoms with van der Waals surface area (Å²) in [5, 5.41) is 29.1. The van der Waals surface area contributed by atoms with Gasteiger partial charge in [0, 0.05) is 39.5 Å². The standard InChI is InChI=1S/C23H29NO8.C22H35NO6.C6H12O.CH2Cl2.CH4/c1-14(2)5-10-18-22(3,32-18)20-19(28-4)17(11-12-23(20)13-29-23)31-21(25)30-16-8-6-15(7-9-16)24(26)27;1-14(2)7-8-17-21(3,29-17)19-18(26-4)16(9-10-22(19)13-27-22)28-20(25)23-11-5-6-15(23)12-24;7-5-6-3-1-2-4-6;2-1-3;/h5-10,14,17-20H,11-13H2,1-4H3;7-8,14-19,24H,5-6,9-13H2,1-4H3;6-7H,1-5H2;1H2;1H4/b10-5+;8-7+;;;/t17-,18-,19-,20?,22-,23+;15?,16-,17-,18-,19?,21-,22+;;;/m11.../s1. The Labute approximate surface area is 436 Å². The van der Waals surface area contributed by atoms with E-state index in [4.69, 9.17) is 70.9 Å². The van der Waals surface area contributed by atoms with Gasteiger partial charge in [-0.2, -0.15) is 0 Å². The molecule has 13 atom stereocenters. The Bertz CT molecular complexity index is 1960. The highest BCUT2D eigenvalue weighted by atomic mass is 35.5. The summed E-state index contributed by atoms with van der Waals surface area (Å²) >= 11 is 9.53. The summed E-state index contributed by atoms with van der Waals surface area (Å²) < 4.78 is 52.7. The average Bonchev–Trinajstić information content (AvgIpc) is 4.33. The first kappa shape index (κ1) is 59.8. The van der Waals surface area contributed by atoms with Gasteiger partial charge in [0.15, 0.2) is 0 Å². The fraction of sp³-hybridized carbons (Fsp3) is 0.774. The number of nitrogens with zero attached hydrogens (tertiary/aromatic N) is 2. The van der Waals surface area contributed by atoms with Gasteiger partial charge in [-0.05, 0) is 95.1 Å². The predicted molar refractivity (Wildman–Crippen MR) is 272 cm³/mol. The number of hydrogen-bond acceptors (Lipinski definition) is 15. The lowest BCUT2D eigenvalue weighted by Gasteiger charge is -2.43. The van der Waals surface area contributed by atoms with Crippen LogP contribution in [-0.2, 0) is 37.9 Å². The Morgan fingerprint density at radius 1 is 0.792 bits per heavy atom. The Morgan fingerprint density at radius 2 is 1.26 bits per heavy atom. The van der Waals surface area contributed by atoms with E-state index in [9.17, 15) is 24.8 Å². The number of aliphatic hydroxyl groups is 2. The average molecular weight is 1060 g/mol. The quantitative estimate of drug-likeness (QED) is 0.0337. The van der Waals surface area contributed by atoms with Crippen molar-refractivity contribution in [2.24, 2.45) is 29.6 Å². The Balaban J connectivity index is 0.000000222. The fourth-order valence-corrected chi connectivity index (χ4v) is 11.4. The lowest BCUT2D eigenvalue weighted by Crippen LogP contribution is -2.56. The number of amides is 1. The SMILES string of the molecule is C.CO[C@H]1C([C@]2(C)O[C@@H]2/C=C/C(C)C)[C@]2(CC[C@H]1OC(=O)N1CCCC1CO)CO2.CO[C@H]1C([C@]2(C)O[C@@H]2/C=C/C(C)C)[C@]2(CC[C@H]1OC(=O)Oc1ccc([N+](=O)[O-])cc1)CO2.ClCCl.OCC1CCCC1. The van der Waals surface area contributed by atoms with E-state index in [2.05, 4.69) is 65.8 Å². The summed E-state index contributed by atoms with van der Waals surface area (Å²) in [6, 6.07) is 5.10. The zero-order valence-corrected chi connectivity index (χ0v) is 44.2. The van der Waals surface area contributed by atoms with Crippen LogP contribution in [0, 0.1) is 39.7 Å². The number of benzene rings is 1. The van der Waals surface area contributed by atoms with Crippen LogP contribution in [0.25, 0.3) is 0 Å². The second-order valence-electron chi connectivity index (χ2n) is 21.1. The van der Waals surface area contributed by atoms with Crippen molar-refractivity contribution in [2.75, 3.05) is 52.5 Å². The molecule has 8 fully saturated rings. The van der Waals surface area contributed by atoms with E-state index >= 15 is 0 Å². The van der Waals surface area contributed by atoms with E-state index in [0.29, 0.717) is 57.0 Å². The number of allylic oxidation sites excluding steroid dienone is 2. The molecule has 408 valence electrons. The van der Waals surface area contributed by atoms with Crippen LogP contribution in [0.3, 0.4) is 0 Å². The zero-order valence-electron chi connectivity index (χ0n) is 42.7. The third kappa shape index (κ3) is 14.4. The minimum Gasteiger partial charge on any atom is -0.443 e. The maximum Gasteiger partial charge on any atom is 0.514 e. The molecular formula is C53H82Cl2N2O15. The van der Waals surface area contributed by atoms with Crippen LogP contribution in [0.4, 0.5) is 15.3 Å². The van der Waals surface area contributed by atoms with Crippen molar-refractivity contribution < 1.29 is 67.4 Å². The number of halogens is 2. The highest BCUT2D eigenvalue weighted by Gasteiger charge is 2.73. The highest BCUT2D eigenvalue weighted by molar-refractivity contribution is 6.40. The van der Waals surface area contributed by atoms with Crippen LogP contribution < -0.4 is 4.74 Å². The molecule has 72 heavy (non-hydrogen) atoms. The van der Waals surface area contributed by atoms with Crippen molar-refractivity contribution in [3.8, 4) is 5.75 Å². The number of alkyl halides is 2. The second-order valence-corrected chi connectivity index (χ2v) is 21.9. The number of likely N-dealkylation sites (tertiary alicyclic amines) is 1. The summed E-state index contributed by atoms with van der Waals surface area (Å²) in [4.78, 5) is 37.2. The van der Waals surface area contributed by atoms with Gasteiger partial charge < -0.3 is 57.7 Å². The summed E-state index contributed by atoms with van der Waals surface area (Å²) in [6.45, 7) is 15.1. The fourth-order valence-electron chi connectivity index (χ4n) is 11.4. The smallest absolute Gasteiger partial charge is 0.443 e. The number of carbonyl (C=O) groups excluding carboxylic acids is 2. The molecular weight excluding hydrogens is 975 g/mol. The van der Waals surface area contributed by atoms with Crippen molar-refractivity contribution in [1.29, 1.82) is 0 Å². The number of nitro groups is 1. The molecule has 9 rings (SSSR count). The predicted octanol–water partition coefficient (Wildman–Crippen LogP) is 9.78. The number of aliphatic hydroxyl groups excluding tert-OH is 2. The monoisotopic (exact) mass is 1060 g/mol. The first-order valence-electron chi connectivity index (χ1n) is 25.4. The number of hydrogen-bond donors (Lipinski definition) is 2. The van der Waals surface area contributed by atoms with E-state index in [-0.39, 0.29) is 96.0 Å². The third-order valence-electron chi connectivity index (χ3n) is 15.5. The number of carbonyl (C=O) groups is 2. The number of methoxy groups -OCH3 is 2. The Hall–Kier alpha value is -3.10. The molecule has 17 nitrogen and oxygen atoms in total. The number of epoxide rings is 4. The number of non-ortho nitro benzene ring substituents is 1. The molecule has 5 saturated heterocycles. The molecule has 19 heteroatoms. The van der Waals surface area contributed by atoms with Gasteiger partial charge in [0.05, 0.1) is 48.0 Å². The Morgan fingerprint density at radius 3 is 1.65 bits per heavy atom. The molecule has 1 aromatic carbocycles. The van der Waals surface area contributed by atoms with Crippen molar-refractivity contribution in [1.82, 2.24) is 4.90 Å². The van der Waals surface area contributed by atoms with Gasteiger partial charge in [-0.1, -0.05) is 72.3 Å². The maximum absolute atomic E-state index is 12.8. The van der Waals surface area contributed by atoms with Crippen LogP contribution in [0.5, 0.6) is 5.75 Å². The van der Waals surface area contributed by atoms with Crippen LogP contribution >= 0.6 is 23.2 Å². The molecule has 3 aliphatic carbocycles. The van der Waals surface area contributed by atoms with Gasteiger partial charge >= 0.3 is 12.2 Å². The van der Waals surface area contributed by atoms with Gasteiger partial charge in [-0.15, -0.1) is 23.2 Å². The second kappa shape index (κ2) is 26.1. The van der Waals surface area contributed by atoms with E-state index in [1.54, 1.807) is 19.1 Å². The molecule has 8 aliphatic rings. The van der Waals surface area contributed by atoms with E-state index in [1.807, 2.05) is 0 Å². The largest absolute Gasteiger partial charge is 0.514 e. The van der Waals surface area contributed by atoms with Crippen LogP contribution in [0.2, 0.25) is 0 Å². The first-order chi connectivity index (χ1) is 33.9. The molecule has 1 aromatic rings. The van der Waals surface area contributed by atoms with Gasteiger partial charge in [0.1, 0.15) is 64.8 Å². The summed E-state index contributed by atoms with van der Waals surface area (Å²) in [6.07, 6.45) is 15.5. The molecule has 5 heterocycles. The van der Waals surface area contributed by atoms with Crippen molar-refractivity contribution in [3.63, 3.8) is 0 Å². The van der Waals surface area contributed by atoms with Crippen LogP contribution in [0.1, 0.15) is 113 Å².